The van der Waals surface area contributed by atoms with Gasteiger partial charge in [0.2, 0.25) is 5.91 Å². The maximum atomic E-state index is 11.8. The van der Waals surface area contributed by atoms with Crippen LogP contribution in [0.4, 0.5) is 0 Å². The average Bonchev–Trinajstić information content (AvgIpc) is 2.86. The van der Waals surface area contributed by atoms with Crippen LogP contribution in [0.1, 0.15) is 45.4 Å². The first-order chi connectivity index (χ1) is 8.85. The standard InChI is InChI=1S/C14H23NO4/c1-14(19,7-13(17)18)8-15-12(16)6-11-5-9-2-3-10(11)4-9/h9-11,19H,2-8H2,1H3,(H,15,16)(H,17,18). The van der Waals surface area contributed by atoms with Gasteiger partial charge in [-0.2, -0.15) is 0 Å². The molecule has 5 nitrogen and oxygen atoms in total. The van der Waals surface area contributed by atoms with E-state index in [1.54, 1.807) is 0 Å². The number of hydrogen-bond donors (Lipinski definition) is 3. The first-order valence-electron chi connectivity index (χ1n) is 7.06. The Bertz CT molecular complexity index is 366. The molecule has 0 radical (unpaired) electrons. The monoisotopic (exact) mass is 269 g/mol. The summed E-state index contributed by atoms with van der Waals surface area (Å²) < 4.78 is 0. The summed E-state index contributed by atoms with van der Waals surface area (Å²) in [6.45, 7) is 1.43. The Hall–Kier alpha value is -1.10. The summed E-state index contributed by atoms with van der Waals surface area (Å²) in [5.41, 5.74) is -1.38. The average molecular weight is 269 g/mol. The number of carboxylic acids is 1. The summed E-state index contributed by atoms with van der Waals surface area (Å²) in [4.78, 5) is 22.4. The summed E-state index contributed by atoms with van der Waals surface area (Å²) in [7, 11) is 0. The lowest BCUT2D eigenvalue weighted by atomic mass is 9.86. The smallest absolute Gasteiger partial charge is 0.306 e. The van der Waals surface area contributed by atoms with E-state index in [-0.39, 0.29) is 18.9 Å². The third-order valence-corrected chi connectivity index (χ3v) is 4.53. The highest BCUT2D eigenvalue weighted by molar-refractivity contribution is 5.76. The second-order valence-corrected chi connectivity index (χ2v) is 6.48. The number of hydrogen-bond acceptors (Lipinski definition) is 3. The van der Waals surface area contributed by atoms with E-state index in [4.69, 9.17) is 5.11 Å². The molecular formula is C14H23NO4. The molecule has 0 aliphatic heterocycles. The van der Waals surface area contributed by atoms with Crippen LogP contribution in [0.2, 0.25) is 0 Å². The van der Waals surface area contributed by atoms with E-state index in [1.165, 1.54) is 26.2 Å². The number of carbonyl (C=O) groups is 2. The third-order valence-electron chi connectivity index (χ3n) is 4.53. The van der Waals surface area contributed by atoms with Crippen LogP contribution in [-0.2, 0) is 9.59 Å². The van der Waals surface area contributed by atoms with Crippen molar-refractivity contribution in [2.75, 3.05) is 6.54 Å². The highest BCUT2D eigenvalue weighted by Crippen LogP contribution is 2.49. The van der Waals surface area contributed by atoms with Crippen LogP contribution in [0.5, 0.6) is 0 Å². The maximum Gasteiger partial charge on any atom is 0.306 e. The van der Waals surface area contributed by atoms with Crippen LogP contribution in [0.15, 0.2) is 0 Å². The van der Waals surface area contributed by atoms with Crippen LogP contribution in [0.3, 0.4) is 0 Å². The second kappa shape index (κ2) is 5.49. The molecule has 4 unspecified atom stereocenters. The molecule has 108 valence electrons. The van der Waals surface area contributed by atoms with E-state index in [1.807, 2.05) is 0 Å². The number of carboxylic acid groups (broad SMARTS) is 1. The zero-order valence-electron chi connectivity index (χ0n) is 11.4. The molecule has 0 saturated heterocycles. The largest absolute Gasteiger partial charge is 0.481 e. The molecule has 3 N–H and O–H groups in total. The Morgan fingerprint density at radius 1 is 1.32 bits per heavy atom. The number of carbonyl (C=O) groups excluding carboxylic acids is 1. The van der Waals surface area contributed by atoms with Gasteiger partial charge >= 0.3 is 5.97 Å². The lowest BCUT2D eigenvalue weighted by Gasteiger charge is -2.24. The Balaban J connectivity index is 1.71. The van der Waals surface area contributed by atoms with Gasteiger partial charge in [-0.3, -0.25) is 9.59 Å². The first-order valence-corrected chi connectivity index (χ1v) is 7.06. The molecule has 2 rings (SSSR count). The van der Waals surface area contributed by atoms with Gasteiger partial charge < -0.3 is 15.5 Å². The molecule has 2 fully saturated rings. The first kappa shape index (κ1) is 14.3. The molecule has 0 heterocycles. The van der Waals surface area contributed by atoms with Gasteiger partial charge in [-0.15, -0.1) is 0 Å². The van der Waals surface area contributed by atoms with Crippen LogP contribution < -0.4 is 5.32 Å². The van der Waals surface area contributed by atoms with Crippen LogP contribution in [0, 0.1) is 17.8 Å². The fourth-order valence-electron chi connectivity index (χ4n) is 3.61. The summed E-state index contributed by atoms with van der Waals surface area (Å²) in [5, 5.41) is 21.1. The minimum atomic E-state index is -1.38. The molecule has 2 saturated carbocycles. The van der Waals surface area contributed by atoms with Gasteiger partial charge in [0.1, 0.15) is 0 Å². The van der Waals surface area contributed by atoms with Crippen molar-refractivity contribution in [2.45, 2.75) is 51.0 Å². The Labute approximate surface area is 113 Å². The molecule has 1 amide bonds. The highest BCUT2D eigenvalue weighted by Gasteiger charge is 2.40. The van der Waals surface area contributed by atoms with E-state index < -0.39 is 11.6 Å². The minimum absolute atomic E-state index is 0.00104. The van der Waals surface area contributed by atoms with E-state index >= 15 is 0 Å². The SMILES string of the molecule is CC(O)(CNC(=O)CC1CC2CCC1C2)CC(=O)O. The van der Waals surface area contributed by atoms with Gasteiger partial charge in [-0.25, -0.2) is 0 Å². The Morgan fingerprint density at radius 2 is 2.05 bits per heavy atom. The molecule has 19 heavy (non-hydrogen) atoms. The molecule has 0 aromatic heterocycles. The third kappa shape index (κ3) is 3.93. The zero-order chi connectivity index (χ0) is 14.0. The van der Waals surface area contributed by atoms with E-state index in [2.05, 4.69) is 5.32 Å². The van der Waals surface area contributed by atoms with Crippen molar-refractivity contribution in [3.05, 3.63) is 0 Å². The van der Waals surface area contributed by atoms with Gasteiger partial charge in [-0.1, -0.05) is 6.42 Å². The lowest BCUT2D eigenvalue weighted by Crippen LogP contribution is -2.42. The highest BCUT2D eigenvalue weighted by atomic mass is 16.4. The van der Waals surface area contributed by atoms with Crippen molar-refractivity contribution in [1.82, 2.24) is 5.32 Å². The molecule has 2 aliphatic rings. The van der Waals surface area contributed by atoms with Crippen molar-refractivity contribution in [1.29, 1.82) is 0 Å². The summed E-state index contributed by atoms with van der Waals surface area (Å²) in [5.74, 6) is 0.881. The molecule has 4 atom stereocenters. The normalized spacial score (nSPS) is 32.0. The van der Waals surface area contributed by atoms with Gasteiger partial charge in [0.15, 0.2) is 0 Å². The van der Waals surface area contributed by atoms with Gasteiger partial charge in [0, 0.05) is 13.0 Å². The molecular weight excluding hydrogens is 246 g/mol. The van der Waals surface area contributed by atoms with Gasteiger partial charge in [0.25, 0.3) is 0 Å². The topological polar surface area (TPSA) is 86.6 Å². The lowest BCUT2D eigenvalue weighted by molar-refractivity contribution is -0.142. The summed E-state index contributed by atoms with van der Waals surface area (Å²) in [6, 6.07) is 0. The number of fused-ring (bicyclic) bond motifs is 2. The fourth-order valence-corrected chi connectivity index (χ4v) is 3.61. The van der Waals surface area contributed by atoms with Crippen molar-refractivity contribution in [3.63, 3.8) is 0 Å². The predicted octanol–water partition coefficient (Wildman–Crippen LogP) is 1.15. The molecule has 0 spiro atoms. The number of amides is 1. The molecule has 5 heteroatoms. The van der Waals surface area contributed by atoms with Crippen LogP contribution in [0.25, 0.3) is 0 Å². The van der Waals surface area contributed by atoms with Gasteiger partial charge in [0.05, 0.1) is 12.0 Å². The van der Waals surface area contributed by atoms with Crippen molar-refractivity contribution < 1.29 is 19.8 Å². The van der Waals surface area contributed by atoms with Gasteiger partial charge in [-0.05, 0) is 43.9 Å². The second-order valence-electron chi connectivity index (χ2n) is 6.48. The van der Waals surface area contributed by atoms with E-state index in [9.17, 15) is 14.7 Å². The predicted molar refractivity (Wildman–Crippen MR) is 69.4 cm³/mol. The fraction of sp³-hybridized carbons (Fsp3) is 0.857. The Morgan fingerprint density at radius 3 is 2.58 bits per heavy atom. The van der Waals surface area contributed by atoms with Crippen LogP contribution >= 0.6 is 0 Å². The van der Waals surface area contributed by atoms with Crippen LogP contribution in [-0.4, -0.2) is 34.2 Å². The number of aliphatic carboxylic acids is 1. The minimum Gasteiger partial charge on any atom is -0.481 e. The summed E-state index contributed by atoms with van der Waals surface area (Å²) in [6.07, 6.45) is 5.15. The Kier molecular flexibility index (Phi) is 4.13. The number of aliphatic hydroxyl groups is 1. The number of nitrogens with one attached hydrogen (secondary N) is 1. The molecule has 2 aliphatic carbocycles. The molecule has 0 aromatic carbocycles. The van der Waals surface area contributed by atoms with Crippen molar-refractivity contribution in [2.24, 2.45) is 17.8 Å². The quantitative estimate of drug-likeness (QED) is 0.675. The van der Waals surface area contributed by atoms with E-state index in [0.29, 0.717) is 18.3 Å². The van der Waals surface area contributed by atoms with Crippen molar-refractivity contribution in [3.8, 4) is 0 Å². The van der Waals surface area contributed by atoms with E-state index in [0.717, 1.165) is 12.3 Å². The van der Waals surface area contributed by atoms with Crippen molar-refractivity contribution >= 4 is 11.9 Å². The zero-order valence-corrected chi connectivity index (χ0v) is 11.4. The number of rotatable bonds is 6. The summed E-state index contributed by atoms with van der Waals surface area (Å²) >= 11 is 0. The maximum absolute atomic E-state index is 11.8. The molecule has 0 aromatic rings. The molecule has 2 bridgehead atoms.